The van der Waals surface area contributed by atoms with Gasteiger partial charge in [0.15, 0.2) is 0 Å². The smallest absolute Gasteiger partial charge is 0.336 e. The summed E-state index contributed by atoms with van der Waals surface area (Å²) in [6.45, 7) is 5.94. The van der Waals surface area contributed by atoms with Crippen molar-refractivity contribution in [3.63, 3.8) is 0 Å². The fourth-order valence-corrected chi connectivity index (χ4v) is 3.53. The van der Waals surface area contributed by atoms with Crippen LogP contribution in [0.2, 0.25) is 0 Å². The summed E-state index contributed by atoms with van der Waals surface area (Å²) in [5.41, 5.74) is 3.87. The molecule has 0 aliphatic heterocycles. The first-order chi connectivity index (χ1) is 12.5. The van der Waals surface area contributed by atoms with Crippen molar-refractivity contribution in [1.29, 1.82) is 0 Å². The molecule has 0 aliphatic carbocycles. The number of ether oxygens (including phenoxy) is 1. The molecule has 0 amide bonds. The second kappa shape index (κ2) is 7.79. The summed E-state index contributed by atoms with van der Waals surface area (Å²) in [6, 6.07) is 13.2. The summed E-state index contributed by atoms with van der Waals surface area (Å²) in [6.07, 6.45) is 0. The SMILES string of the molecule is Cc1ccccc1SCC(=O)OCc1cc(=O)oc2c(C)c(C)ccc12. The van der Waals surface area contributed by atoms with Crippen LogP contribution >= 0.6 is 11.8 Å². The third-order valence-electron chi connectivity index (χ3n) is 4.35. The van der Waals surface area contributed by atoms with Gasteiger partial charge in [-0.15, -0.1) is 11.8 Å². The third kappa shape index (κ3) is 3.99. The fraction of sp³-hybridized carbons (Fsp3) is 0.238. The van der Waals surface area contributed by atoms with Gasteiger partial charge in [0.25, 0.3) is 0 Å². The van der Waals surface area contributed by atoms with Crippen LogP contribution < -0.4 is 5.63 Å². The van der Waals surface area contributed by atoms with Gasteiger partial charge in [0.05, 0.1) is 5.75 Å². The second-order valence-corrected chi connectivity index (χ2v) is 7.21. The van der Waals surface area contributed by atoms with Crippen LogP contribution in [-0.2, 0) is 16.1 Å². The Balaban J connectivity index is 1.71. The molecule has 0 fully saturated rings. The molecule has 2 aromatic carbocycles. The van der Waals surface area contributed by atoms with Crippen LogP contribution in [0.3, 0.4) is 0 Å². The van der Waals surface area contributed by atoms with Crippen LogP contribution in [0.4, 0.5) is 0 Å². The van der Waals surface area contributed by atoms with E-state index in [0.29, 0.717) is 11.1 Å². The summed E-state index contributed by atoms with van der Waals surface area (Å²) in [7, 11) is 0. The highest BCUT2D eigenvalue weighted by atomic mass is 32.2. The number of fused-ring (bicyclic) bond motifs is 1. The molecular formula is C21H20O4S. The van der Waals surface area contributed by atoms with Crippen LogP contribution in [-0.4, -0.2) is 11.7 Å². The topological polar surface area (TPSA) is 56.5 Å². The average Bonchev–Trinajstić information content (AvgIpc) is 2.62. The summed E-state index contributed by atoms with van der Waals surface area (Å²) < 4.78 is 10.7. The monoisotopic (exact) mass is 368 g/mol. The van der Waals surface area contributed by atoms with Gasteiger partial charge >= 0.3 is 11.6 Å². The van der Waals surface area contributed by atoms with Gasteiger partial charge < -0.3 is 9.15 Å². The molecule has 5 heteroatoms. The Morgan fingerprint density at radius 1 is 1.08 bits per heavy atom. The Morgan fingerprint density at radius 3 is 2.62 bits per heavy atom. The molecule has 0 aliphatic rings. The van der Waals surface area contributed by atoms with E-state index < -0.39 is 5.63 Å². The summed E-state index contributed by atoms with van der Waals surface area (Å²) >= 11 is 1.45. The van der Waals surface area contributed by atoms with E-state index in [1.165, 1.54) is 17.8 Å². The minimum Gasteiger partial charge on any atom is -0.460 e. The van der Waals surface area contributed by atoms with Crippen molar-refractivity contribution < 1.29 is 13.9 Å². The van der Waals surface area contributed by atoms with E-state index in [2.05, 4.69) is 0 Å². The predicted molar refractivity (Wildman–Crippen MR) is 104 cm³/mol. The highest BCUT2D eigenvalue weighted by molar-refractivity contribution is 8.00. The molecule has 0 saturated carbocycles. The van der Waals surface area contributed by atoms with Crippen molar-refractivity contribution in [3.8, 4) is 0 Å². The zero-order valence-corrected chi connectivity index (χ0v) is 15.8. The van der Waals surface area contributed by atoms with E-state index in [1.54, 1.807) is 0 Å². The Hall–Kier alpha value is -2.53. The Morgan fingerprint density at radius 2 is 1.85 bits per heavy atom. The normalized spacial score (nSPS) is 10.9. The number of aryl methyl sites for hydroxylation is 3. The van der Waals surface area contributed by atoms with Gasteiger partial charge in [-0.25, -0.2) is 4.79 Å². The highest BCUT2D eigenvalue weighted by Gasteiger charge is 2.12. The lowest BCUT2D eigenvalue weighted by Crippen LogP contribution is -2.10. The molecule has 0 bridgehead atoms. The van der Waals surface area contributed by atoms with Crippen LogP contribution in [0.5, 0.6) is 0 Å². The maximum Gasteiger partial charge on any atom is 0.336 e. The summed E-state index contributed by atoms with van der Waals surface area (Å²) in [5, 5.41) is 0.798. The van der Waals surface area contributed by atoms with Crippen molar-refractivity contribution in [1.82, 2.24) is 0 Å². The number of hydrogen-bond acceptors (Lipinski definition) is 5. The summed E-state index contributed by atoms with van der Waals surface area (Å²) in [4.78, 5) is 25.0. The zero-order valence-electron chi connectivity index (χ0n) is 15.0. The van der Waals surface area contributed by atoms with Crippen molar-refractivity contribution in [3.05, 3.63) is 75.1 Å². The van der Waals surface area contributed by atoms with Gasteiger partial charge in [0.2, 0.25) is 0 Å². The van der Waals surface area contributed by atoms with E-state index in [1.807, 2.05) is 57.2 Å². The van der Waals surface area contributed by atoms with Crippen molar-refractivity contribution in [2.45, 2.75) is 32.3 Å². The molecule has 4 nitrogen and oxygen atoms in total. The molecule has 0 N–H and O–H groups in total. The van der Waals surface area contributed by atoms with Gasteiger partial charge in [-0.05, 0) is 43.5 Å². The molecule has 134 valence electrons. The Labute approximate surface area is 156 Å². The Kier molecular flexibility index (Phi) is 5.47. The molecule has 3 rings (SSSR count). The molecular weight excluding hydrogens is 348 g/mol. The minimum atomic E-state index is -0.438. The molecule has 1 heterocycles. The molecule has 3 aromatic rings. The van der Waals surface area contributed by atoms with Gasteiger partial charge in [0.1, 0.15) is 12.2 Å². The number of hydrogen-bond donors (Lipinski definition) is 0. The van der Waals surface area contributed by atoms with Gasteiger partial charge in [0, 0.05) is 21.9 Å². The van der Waals surface area contributed by atoms with Crippen molar-refractivity contribution >= 4 is 28.7 Å². The fourth-order valence-electron chi connectivity index (χ4n) is 2.70. The minimum absolute atomic E-state index is 0.0533. The summed E-state index contributed by atoms with van der Waals surface area (Å²) in [5.74, 6) is -0.0917. The van der Waals surface area contributed by atoms with Gasteiger partial charge in [-0.2, -0.15) is 0 Å². The lowest BCUT2D eigenvalue weighted by Gasteiger charge is -2.10. The third-order valence-corrected chi connectivity index (χ3v) is 5.49. The number of carbonyl (C=O) groups is 1. The van der Waals surface area contributed by atoms with Gasteiger partial charge in [-0.1, -0.05) is 30.3 Å². The number of carbonyl (C=O) groups excluding carboxylic acids is 1. The van der Waals surface area contributed by atoms with Crippen LogP contribution in [0.25, 0.3) is 11.0 Å². The predicted octanol–water partition coefficient (Wildman–Crippen LogP) is 4.55. The van der Waals surface area contributed by atoms with E-state index in [4.69, 9.17) is 9.15 Å². The molecule has 0 atom stereocenters. The maximum atomic E-state index is 12.1. The maximum absolute atomic E-state index is 12.1. The van der Waals surface area contributed by atoms with Crippen molar-refractivity contribution in [2.75, 3.05) is 5.75 Å². The first kappa shape index (κ1) is 18.3. The molecule has 0 saturated heterocycles. The van der Waals surface area contributed by atoms with Gasteiger partial charge in [-0.3, -0.25) is 4.79 Å². The lowest BCUT2D eigenvalue weighted by atomic mass is 10.0. The molecule has 26 heavy (non-hydrogen) atoms. The quantitative estimate of drug-likeness (QED) is 0.376. The highest BCUT2D eigenvalue weighted by Crippen LogP contribution is 2.24. The number of rotatable bonds is 5. The Bertz CT molecular complexity index is 1020. The second-order valence-electron chi connectivity index (χ2n) is 6.19. The number of thioether (sulfide) groups is 1. The van der Waals surface area contributed by atoms with Crippen LogP contribution in [0.15, 0.2) is 56.6 Å². The largest absolute Gasteiger partial charge is 0.460 e. The number of benzene rings is 2. The van der Waals surface area contributed by atoms with E-state index in [0.717, 1.165) is 27.0 Å². The first-order valence-electron chi connectivity index (χ1n) is 8.32. The van der Waals surface area contributed by atoms with E-state index in [-0.39, 0.29) is 18.3 Å². The molecule has 1 aromatic heterocycles. The molecule has 0 spiro atoms. The number of esters is 1. The van der Waals surface area contributed by atoms with Crippen LogP contribution in [0, 0.1) is 20.8 Å². The first-order valence-corrected chi connectivity index (χ1v) is 9.31. The van der Waals surface area contributed by atoms with Crippen molar-refractivity contribution in [2.24, 2.45) is 0 Å². The molecule has 0 unspecified atom stereocenters. The average molecular weight is 368 g/mol. The lowest BCUT2D eigenvalue weighted by molar-refractivity contribution is -0.141. The standard InChI is InChI=1S/C21H20O4S/c1-13-8-9-17-16(10-19(22)25-21(17)15(13)3)11-24-20(23)12-26-18-7-5-4-6-14(18)2/h4-10H,11-12H2,1-3H3. The van der Waals surface area contributed by atoms with Crippen LogP contribution in [0.1, 0.15) is 22.3 Å². The van der Waals surface area contributed by atoms with E-state index in [9.17, 15) is 9.59 Å². The zero-order chi connectivity index (χ0) is 18.7. The molecule has 0 radical (unpaired) electrons. The van der Waals surface area contributed by atoms with E-state index >= 15 is 0 Å².